The number of hydrogen-bond acceptors (Lipinski definition) is 4. The van der Waals surface area contributed by atoms with Crippen molar-refractivity contribution < 1.29 is 23.0 Å². The minimum absolute atomic E-state index is 0.215. The molecule has 0 fully saturated rings. The summed E-state index contributed by atoms with van der Waals surface area (Å²) in [4.78, 5) is 8.51. The summed E-state index contributed by atoms with van der Waals surface area (Å²) in [6.07, 6.45) is 2.43. The molecule has 0 radical (unpaired) electrons. The van der Waals surface area contributed by atoms with Crippen LogP contribution in [0, 0.1) is 18.8 Å². The van der Waals surface area contributed by atoms with Crippen molar-refractivity contribution in [1.82, 2.24) is 4.98 Å². The van der Waals surface area contributed by atoms with Crippen LogP contribution < -0.4 is 10.1 Å². The monoisotopic (exact) mass is 473 g/mol. The number of benzene rings is 1. The molecule has 182 valence electrons. The molecule has 0 amide bonds. The van der Waals surface area contributed by atoms with E-state index >= 15 is 0 Å². The fraction of sp³-hybridized carbons (Fsp3) is 0.385. The number of ether oxygens (including phenoxy) is 1. The van der Waals surface area contributed by atoms with Gasteiger partial charge in [-0.1, -0.05) is 25.1 Å². The summed E-state index contributed by atoms with van der Waals surface area (Å²) in [6, 6.07) is 7.77. The Morgan fingerprint density at radius 1 is 1.26 bits per heavy atom. The molecule has 34 heavy (non-hydrogen) atoms. The normalized spacial score (nSPS) is 18.3. The third-order valence-corrected chi connectivity index (χ3v) is 6.00. The minimum Gasteiger partial charge on any atom is -0.496 e. The zero-order chi connectivity index (χ0) is 24.9. The van der Waals surface area contributed by atoms with E-state index in [1.54, 1.807) is 32.5 Å². The van der Waals surface area contributed by atoms with Gasteiger partial charge in [-0.05, 0) is 61.4 Å². The third kappa shape index (κ3) is 6.05. The van der Waals surface area contributed by atoms with Crippen LogP contribution in [0.15, 0.2) is 64.9 Å². The van der Waals surface area contributed by atoms with E-state index in [2.05, 4.69) is 15.3 Å². The highest BCUT2D eigenvalue weighted by atomic mass is 19.4. The number of aliphatic hydroxyl groups excluding tert-OH is 1. The molecule has 2 N–H and O–H groups in total. The van der Waals surface area contributed by atoms with E-state index in [1.807, 2.05) is 31.2 Å². The molecule has 2 aromatic rings. The van der Waals surface area contributed by atoms with Crippen LogP contribution in [0.1, 0.15) is 25.8 Å². The van der Waals surface area contributed by atoms with Gasteiger partial charge in [-0.25, -0.2) is 0 Å². The van der Waals surface area contributed by atoms with Crippen LogP contribution in [-0.2, 0) is 0 Å². The van der Waals surface area contributed by atoms with Crippen molar-refractivity contribution in [2.75, 3.05) is 19.0 Å². The summed E-state index contributed by atoms with van der Waals surface area (Å²) < 4.78 is 46.5. The number of aliphatic hydroxyl groups is 1. The van der Waals surface area contributed by atoms with Gasteiger partial charge in [-0.15, -0.1) is 0 Å². The molecule has 1 aliphatic carbocycles. The van der Waals surface area contributed by atoms with Crippen LogP contribution >= 0.6 is 0 Å². The predicted octanol–water partition coefficient (Wildman–Crippen LogP) is 5.96. The number of nitrogens with zero attached hydrogens (tertiary/aromatic N) is 2. The Morgan fingerprint density at radius 3 is 2.71 bits per heavy atom. The van der Waals surface area contributed by atoms with Crippen molar-refractivity contribution in [1.29, 1.82) is 0 Å². The average molecular weight is 474 g/mol. The van der Waals surface area contributed by atoms with Gasteiger partial charge in [-0.3, -0.25) is 9.98 Å². The van der Waals surface area contributed by atoms with Crippen LogP contribution in [0.2, 0.25) is 0 Å². The molecule has 1 aromatic carbocycles. The number of nitrogens with one attached hydrogen (secondary N) is 1. The maximum atomic E-state index is 13.6. The van der Waals surface area contributed by atoms with Crippen molar-refractivity contribution in [3.05, 3.63) is 65.5 Å². The molecule has 0 aliphatic heterocycles. The number of allylic oxidation sites excluding steroid dienone is 2. The van der Waals surface area contributed by atoms with Crippen LogP contribution in [0.4, 0.5) is 18.9 Å². The van der Waals surface area contributed by atoms with E-state index in [9.17, 15) is 18.3 Å². The standard InChI is InChI=1S/C26H30F3N3O2/c1-16-5-7-22(25(11-16)34-4)21-9-10-30-14-24(21)32-15-31-13-17(2)20-8-6-19(18(3)33)12-23(20)26(27,28)29/h5-7,9-12,14-15,17-18,20,33H,8,13H2,1-4H3,(H,31,32)/t17?,18?,20-/m0/s1. The molecule has 1 aromatic heterocycles. The molecule has 1 heterocycles. The number of alkyl halides is 3. The average Bonchev–Trinajstić information content (AvgIpc) is 2.81. The van der Waals surface area contributed by atoms with Crippen molar-refractivity contribution in [3.8, 4) is 16.9 Å². The molecule has 0 spiro atoms. The van der Waals surface area contributed by atoms with Crippen molar-refractivity contribution in [2.45, 2.75) is 39.5 Å². The van der Waals surface area contributed by atoms with E-state index in [0.717, 1.165) is 28.5 Å². The molecular formula is C26H30F3N3O2. The summed E-state index contributed by atoms with van der Waals surface area (Å²) in [7, 11) is 1.61. The summed E-state index contributed by atoms with van der Waals surface area (Å²) >= 11 is 0. The largest absolute Gasteiger partial charge is 0.496 e. The van der Waals surface area contributed by atoms with Crippen molar-refractivity contribution >= 4 is 12.0 Å². The van der Waals surface area contributed by atoms with Crippen LogP contribution in [0.25, 0.3) is 11.1 Å². The van der Waals surface area contributed by atoms with E-state index in [-0.39, 0.29) is 18.9 Å². The number of aliphatic imine (C=N–C) groups is 1. The number of rotatable bonds is 8. The maximum absolute atomic E-state index is 13.6. The molecule has 8 heteroatoms. The third-order valence-electron chi connectivity index (χ3n) is 6.00. The highest BCUT2D eigenvalue weighted by molar-refractivity contribution is 5.88. The molecule has 2 unspecified atom stereocenters. The number of hydrogen-bond donors (Lipinski definition) is 2. The lowest BCUT2D eigenvalue weighted by Crippen LogP contribution is -2.29. The first-order valence-electron chi connectivity index (χ1n) is 11.1. The van der Waals surface area contributed by atoms with Gasteiger partial charge in [-0.2, -0.15) is 13.2 Å². The van der Waals surface area contributed by atoms with Gasteiger partial charge >= 0.3 is 6.18 Å². The highest BCUT2D eigenvalue weighted by Gasteiger charge is 2.41. The molecule has 5 nitrogen and oxygen atoms in total. The van der Waals surface area contributed by atoms with E-state index < -0.39 is 23.8 Å². The van der Waals surface area contributed by atoms with Crippen LogP contribution in [0.3, 0.4) is 0 Å². The fourth-order valence-corrected chi connectivity index (χ4v) is 4.08. The first-order chi connectivity index (χ1) is 16.1. The molecular weight excluding hydrogens is 443 g/mol. The second kappa shape index (κ2) is 10.9. The lowest BCUT2D eigenvalue weighted by molar-refractivity contribution is -0.101. The molecule has 3 rings (SSSR count). The van der Waals surface area contributed by atoms with Gasteiger partial charge in [0.2, 0.25) is 0 Å². The topological polar surface area (TPSA) is 66.7 Å². The van der Waals surface area contributed by atoms with Gasteiger partial charge in [0, 0.05) is 29.4 Å². The Balaban J connectivity index is 1.72. The second-order valence-corrected chi connectivity index (χ2v) is 8.56. The smallest absolute Gasteiger partial charge is 0.412 e. The predicted molar refractivity (Wildman–Crippen MR) is 129 cm³/mol. The zero-order valence-corrected chi connectivity index (χ0v) is 19.7. The minimum atomic E-state index is -4.45. The molecule has 1 aliphatic rings. The maximum Gasteiger partial charge on any atom is 0.412 e. The van der Waals surface area contributed by atoms with Crippen LogP contribution in [-0.4, -0.2) is 42.4 Å². The number of anilines is 1. The number of methoxy groups -OCH3 is 1. The second-order valence-electron chi connectivity index (χ2n) is 8.56. The van der Waals surface area contributed by atoms with Gasteiger partial charge in [0.15, 0.2) is 0 Å². The van der Waals surface area contributed by atoms with E-state index in [1.165, 1.54) is 13.3 Å². The number of halogens is 3. The first kappa shape index (κ1) is 25.5. The van der Waals surface area contributed by atoms with E-state index in [0.29, 0.717) is 11.3 Å². The number of pyridine rings is 1. The Hall–Kier alpha value is -3.13. The van der Waals surface area contributed by atoms with Gasteiger partial charge in [0.05, 0.1) is 31.4 Å². The summed E-state index contributed by atoms with van der Waals surface area (Å²) in [5.41, 5.74) is 3.24. The Labute approximate surface area is 198 Å². The van der Waals surface area contributed by atoms with Crippen molar-refractivity contribution in [3.63, 3.8) is 0 Å². The Morgan fingerprint density at radius 2 is 2.03 bits per heavy atom. The zero-order valence-electron chi connectivity index (χ0n) is 19.7. The summed E-state index contributed by atoms with van der Waals surface area (Å²) in [5, 5.41) is 12.8. The first-order valence-corrected chi connectivity index (χ1v) is 11.1. The fourth-order valence-electron chi connectivity index (χ4n) is 4.08. The quantitative estimate of drug-likeness (QED) is 0.367. The van der Waals surface area contributed by atoms with Gasteiger partial charge in [0.25, 0.3) is 0 Å². The van der Waals surface area contributed by atoms with E-state index in [4.69, 9.17) is 4.74 Å². The Kier molecular flexibility index (Phi) is 8.15. The lowest BCUT2D eigenvalue weighted by atomic mass is 9.79. The summed E-state index contributed by atoms with van der Waals surface area (Å²) in [5.74, 6) is -0.332. The number of aryl methyl sites for hydroxylation is 1. The SMILES string of the molecule is COc1cc(C)ccc1-c1ccncc1NC=NCC(C)[C@@H]1CC=C(C(C)O)C=C1C(F)(F)F. The summed E-state index contributed by atoms with van der Waals surface area (Å²) in [6.45, 7) is 5.43. The molecule has 3 atom stereocenters. The van der Waals surface area contributed by atoms with Gasteiger partial charge < -0.3 is 15.2 Å². The molecule has 0 bridgehead atoms. The number of aromatic nitrogens is 1. The Bertz CT molecular complexity index is 1090. The lowest BCUT2D eigenvalue weighted by Gasteiger charge is -2.30. The van der Waals surface area contributed by atoms with Crippen LogP contribution in [0.5, 0.6) is 5.75 Å². The highest BCUT2D eigenvalue weighted by Crippen LogP contribution is 2.41. The van der Waals surface area contributed by atoms with Crippen molar-refractivity contribution in [2.24, 2.45) is 16.8 Å². The van der Waals surface area contributed by atoms with Gasteiger partial charge in [0.1, 0.15) is 5.75 Å². The molecule has 0 saturated heterocycles. The molecule has 0 saturated carbocycles.